The first-order valence-corrected chi connectivity index (χ1v) is 16.6. The number of cyclic esters (lactones) is 1. The van der Waals surface area contributed by atoms with Gasteiger partial charge in [0, 0.05) is 62.0 Å². The average molecular weight is 702 g/mol. The molecule has 1 aliphatic heterocycles. The van der Waals surface area contributed by atoms with Gasteiger partial charge in [-0.3, -0.25) is 14.4 Å². The Morgan fingerprint density at radius 1 is 1.04 bits per heavy atom. The number of carbonyl (C=O) groups excluding carboxylic acids is 4. The highest BCUT2D eigenvalue weighted by molar-refractivity contribution is 6.14. The molecule has 1 unspecified atom stereocenters. The second-order valence-electron chi connectivity index (χ2n) is 13.7. The lowest BCUT2D eigenvalue weighted by Gasteiger charge is -2.53. The molecule has 1 saturated heterocycles. The Morgan fingerprint density at radius 2 is 1.69 bits per heavy atom. The van der Waals surface area contributed by atoms with Crippen molar-refractivity contribution in [3.63, 3.8) is 0 Å². The fourth-order valence-electron chi connectivity index (χ4n) is 8.08. The molecule has 4 aliphatic rings. The Hall–Kier alpha value is -5.43. The van der Waals surface area contributed by atoms with Gasteiger partial charge in [-0.2, -0.15) is 0 Å². The molecule has 13 heteroatoms. The lowest BCUT2D eigenvalue weighted by molar-refractivity contribution is -0.160. The van der Waals surface area contributed by atoms with E-state index >= 15 is 0 Å². The van der Waals surface area contributed by atoms with Crippen molar-refractivity contribution in [1.82, 2.24) is 5.32 Å². The van der Waals surface area contributed by atoms with Gasteiger partial charge in [-0.1, -0.05) is 19.1 Å². The number of hydrogen-bond acceptors (Lipinski definition) is 12. The van der Waals surface area contributed by atoms with Crippen molar-refractivity contribution in [2.45, 2.75) is 64.7 Å². The molecule has 3 aliphatic carbocycles. The number of carbonyl (C=O) groups is 5. The van der Waals surface area contributed by atoms with Gasteiger partial charge in [-0.15, -0.1) is 0 Å². The first-order chi connectivity index (χ1) is 24.2. The van der Waals surface area contributed by atoms with Gasteiger partial charge in [0.05, 0.1) is 17.6 Å². The Bertz CT molecular complexity index is 1890. The van der Waals surface area contributed by atoms with Gasteiger partial charge in [0.1, 0.15) is 41.3 Å². The summed E-state index contributed by atoms with van der Waals surface area (Å²) < 4.78 is 22.9. The number of carboxylic acids is 1. The number of ketones is 2. The largest absolute Gasteiger partial charge is 0.508 e. The van der Waals surface area contributed by atoms with Crippen LogP contribution in [0.4, 0.5) is 0 Å². The number of rotatable bonds is 10. The van der Waals surface area contributed by atoms with Crippen LogP contribution in [0.25, 0.3) is 0 Å². The second-order valence-corrected chi connectivity index (χ2v) is 13.7. The van der Waals surface area contributed by atoms with E-state index in [2.05, 4.69) is 5.32 Å². The van der Waals surface area contributed by atoms with Crippen molar-refractivity contribution in [1.29, 1.82) is 0 Å². The molecule has 0 radical (unpaired) electrons. The number of aliphatic carboxylic acids is 1. The SMILES string of the molecule is COC[C@H]1OC(=O)/C(=C\NC(Cc2ccc(Oc3ccc(O)cc3)cc2)C(=O)O)C2=C(O)C(=O)C3=C([C@H](OC(C)=O)C[C@]4(C)C(=O)CC[C@@H]34)[C@]21C. The second kappa shape index (κ2) is 13.4. The summed E-state index contributed by atoms with van der Waals surface area (Å²) in [5, 5.41) is 34.1. The summed E-state index contributed by atoms with van der Waals surface area (Å²) in [6, 6.07) is 11.6. The van der Waals surface area contributed by atoms with E-state index in [1.54, 1.807) is 50.2 Å². The van der Waals surface area contributed by atoms with E-state index in [0.29, 0.717) is 29.1 Å². The number of carboxylic acid groups (broad SMARTS) is 1. The zero-order valence-electron chi connectivity index (χ0n) is 28.6. The third kappa shape index (κ3) is 6.15. The van der Waals surface area contributed by atoms with E-state index in [9.17, 15) is 39.3 Å². The van der Waals surface area contributed by atoms with Crippen LogP contribution in [0.3, 0.4) is 0 Å². The topological polar surface area (TPSA) is 195 Å². The number of aromatic hydroxyl groups is 1. The fourth-order valence-corrected chi connectivity index (χ4v) is 8.08. The maximum atomic E-state index is 14.2. The van der Waals surface area contributed by atoms with Gasteiger partial charge in [0.2, 0.25) is 5.78 Å². The summed E-state index contributed by atoms with van der Waals surface area (Å²) in [4.78, 5) is 65.8. The van der Waals surface area contributed by atoms with Crippen molar-refractivity contribution in [2.75, 3.05) is 13.7 Å². The zero-order chi connectivity index (χ0) is 36.8. The molecule has 0 bridgehead atoms. The molecule has 6 rings (SSSR count). The molecule has 2 aromatic carbocycles. The van der Waals surface area contributed by atoms with E-state index in [1.807, 2.05) is 0 Å². The Kier molecular flexibility index (Phi) is 9.28. The van der Waals surface area contributed by atoms with Crippen molar-refractivity contribution in [3.05, 3.63) is 88.3 Å². The molecule has 0 amide bonds. The summed E-state index contributed by atoms with van der Waals surface area (Å²) in [5.41, 5.74) is -1.76. The predicted octanol–water partition coefficient (Wildman–Crippen LogP) is 4.24. The van der Waals surface area contributed by atoms with Crippen LogP contribution in [0.1, 0.15) is 45.6 Å². The zero-order valence-corrected chi connectivity index (χ0v) is 28.6. The normalized spacial score (nSPS) is 28.4. The molecule has 4 N–H and O–H groups in total. The van der Waals surface area contributed by atoms with Crippen LogP contribution in [-0.2, 0) is 44.6 Å². The number of Topliss-reactive ketones (excluding diaryl/α,β-unsaturated/α-hetero) is 2. The third-order valence-corrected chi connectivity index (χ3v) is 10.6. The standard InChI is InChI=1S/C38H39NO12/c1-19(40)49-27-16-37(2)25(13-14-28(37)42)30-32(27)38(3)29(18-48-4)51-36(47)24(31(38)34(44)33(30)43)17-39-26(35(45)46)15-20-5-9-22(10-6-20)50-23-11-7-21(41)8-12-23/h5-12,17,25-27,29,39,41,44H,13-16,18H2,1-4H3,(H,45,46)/b24-17-/t25-,26?,27+,29+,37-,38-/m0/s1. The molecule has 268 valence electrons. The smallest absolute Gasteiger partial charge is 0.340 e. The number of nitrogens with one attached hydrogen (secondary N) is 1. The minimum Gasteiger partial charge on any atom is -0.508 e. The van der Waals surface area contributed by atoms with E-state index in [1.165, 1.54) is 26.2 Å². The number of allylic oxidation sites excluding steroid dienone is 1. The van der Waals surface area contributed by atoms with Crippen molar-refractivity contribution in [3.8, 4) is 17.2 Å². The van der Waals surface area contributed by atoms with Gasteiger partial charge in [-0.25, -0.2) is 9.59 Å². The summed E-state index contributed by atoms with van der Waals surface area (Å²) in [6.45, 7) is 4.47. The van der Waals surface area contributed by atoms with Gasteiger partial charge in [0.25, 0.3) is 0 Å². The third-order valence-electron chi connectivity index (χ3n) is 10.6. The average Bonchev–Trinajstić information content (AvgIpc) is 3.37. The first kappa shape index (κ1) is 35.4. The molecule has 51 heavy (non-hydrogen) atoms. The predicted molar refractivity (Wildman–Crippen MR) is 179 cm³/mol. The summed E-state index contributed by atoms with van der Waals surface area (Å²) in [6.07, 6.45) is -0.384. The number of benzene rings is 2. The van der Waals surface area contributed by atoms with E-state index in [-0.39, 0.29) is 54.1 Å². The number of esters is 2. The molecule has 1 saturated carbocycles. The van der Waals surface area contributed by atoms with Gasteiger partial charge >= 0.3 is 17.9 Å². The van der Waals surface area contributed by atoms with Crippen molar-refractivity contribution < 1.29 is 58.2 Å². The summed E-state index contributed by atoms with van der Waals surface area (Å²) in [7, 11) is 1.40. The number of fused-ring (bicyclic) bond motifs is 4. The minimum absolute atomic E-state index is 0.0285. The lowest BCUT2D eigenvalue weighted by Crippen LogP contribution is -2.57. The highest BCUT2D eigenvalue weighted by atomic mass is 16.6. The van der Waals surface area contributed by atoms with Crippen LogP contribution in [0, 0.1) is 16.7 Å². The molecular formula is C38H39NO12. The minimum atomic E-state index is -1.47. The molecule has 1 heterocycles. The summed E-state index contributed by atoms with van der Waals surface area (Å²) >= 11 is 0. The number of phenolic OH excluding ortho intramolecular Hbond substituents is 1. The number of methoxy groups -OCH3 is 1. The van der Waals surface area contributed by atoms with Gasteiger partial charge in [-0.05, 0) is 60.9 Å². The molecule has 0 aromatic heterocycles. The molecule has 2 fully saturated rings. The highest BCUT2D eigenvalue weighted by Crippen LogP contribution is 2.62. The van der Waals surface area contributed by atoms with E-state index in [4.69, 9.17) is 18.9 Å². The summed E-state index contributed by atoms with van der Waals surface area (Å²) in [5.74, 6) is -3.90. The van der Waals surface area contributed by atoms with E-state index < -0.39 is 64.4 Å². The number of aliphatic hydroxyl groups is 1. The highest BCUT2D eigenvalue weighted by Gasteiger charge is 2.64. The van der Waals surface area contributed by atoms with Crippen LogP contribution in [0.5, 0.6) is 17.2 Å². The fraction of sp³-hybridized carbons (Fsp3) is 0.395. The maximum Gasteiger partial charge on any atom is 0.340 e. The molecule has 13 nitrogen and oxygen atoms in total. The van der Waals surface area contributed by atoms with Crippen LogP contribution >= 0.6 is 0 Å². The molecule has 0 spiro atoms. The number of aliphatic hydroxyl groups excluding tert-OH is 1. The number of hydrogen-bond donors (Lipinski definition) is 4. The molecular weight excluding hydrogens is 662 g/mol. The Labute approximate surface area is 293 Å². The van der Waals surface area contributed by atoms with Crippen LogP contribution < -0.4 is 10.1 Å². The van der Waals surface area contributed by atoms with Crippen molar-refractivity contribution >= 4 is 29.5 Å². The monoisotopic (exact) mass is 701 g/mol. The Balaban J connectivity index is 1.35. The van der Waals surface area contributed by atoms with Crippen LogP contribution in [0.2, 0.25) is 0 Å². The number of phenols is 1. The molecule has 2 aromatic rings. The molecule has 6 atom stereocenters. The van der Waals surface area contributed by atoms with Gasteiger partial charge < -0.3 is 39.6 Å². The first-order valence-electron chi connectivity index (χ1n) is 16.6. The van der Waals surface area contributed by atoms with Crippen molar-refractivity contribution in [2.24, 2.45) is 16.7 Å². The van der Waals surface area contributed by atoms with E-state index in [0.717, 1.165) is 6.20 Å². The maximum absolute atomic E-state index is 14.2. The van der Waals surface area contributed by atoms with Crippen LogP contribution in [-0.4, -0.2) is 76.8 Å². The quantitative estimate of drug-likeness (QED) is 0.203. The Morgan fingerprint density at radius 3 is 2.29 bits per heavy atom. The van der Waals surface area contributed by atoms with Crippen LogP contribution in [0.15, 0.2) is 82.8 Å². The number of ether oxygens (including phenoxy) is 4. The lowest BCUT2D eigenvalue weighted by atomic mass is 9.53. The van der Waals surface area contributed by atoms with Gasteiger partial charge in [0.15, 0.2) is 5.76 Å².